The Bertz CT molecular complexity index is 969. The molecule has 7 nitrogen and oxygen atoms in total. The smallest absolute Gasteiger partial charge is 0.364 e. The Hall–Kier alpha value is -3.14. The van der Waals surface area contributed by atoms with Gasteiger partial charge in [0.15, 0.2) is 5.82 Å². The lowest BCUT2D eigenvalue weighted by Crippen LogP contribution is -2.32. The lowest BCUT2D eigenvalue weighted by Gasteiger charge is -2.15. The molecule has 142 valence electrons. The van der Waals surface area contributed by atoms with Crippen molar-refractivity contribution >= 4 is 11.7 Å². The molecule has 3 aromatic rings. The molecule has 0 aliphatic rings. The molecular weight excluding hydrogens is 363 g/mol. The summed E-state index contributed by atoms with van der Waals surface area (Å²) in [6.45, 7) is 3.31. The summed E-state index contributed by atoms with van der Waals surface area (Å²) in [6, 6.07) is 6.38. The highest BCUT2D eigenvalue weighted by Crippen LogP contribution is 2.36. The summed E-state index contributed by atoms with van der Waals surface area (Å²) in [7, 11) is 0. The van der Waals surface area contributed by atoms with Gasteiger partial charge in [0.2, 0.25) is 0 Å². The van der Waals surface area contributed by atoms with Crippen molar-refractivity contribution in [3.63, 3.8) is 0 Å². The van der Waals surface area contributed by atoms with Gasteiger partial charge < -0.3 is 15.6 Å². The van der Waals surface area contributed by atoms with Crippen LogP contribution in [0.1, 0.15) is 35.5 Å². The van der Waals surface area contributed by atoms with Gasteiger partial charge in [-0.15, -0.1) is 0 Å². The molecule has 0 fully saturated rings. The van der Waals surface area contributed by atoms with E-state index in [1.165, 1.54) is 24.3 Å². The van der Waals surface area contributed by atoms with E-state index in [0.717, 1.165) is 12.3 Å². The predicted molar refractivity (Wildman–Crippen MR) is 90.7 cm³/mol. The topological polar surface area (TPSA) is 110 Å². The maximum Gasteiger partial charge on any atom is 0.417 e. The molecule has 2 heterocycles. The van der Waals surface area contributed by atoms with Crippen molar-refractivity contribution in [3.8, 4) is 11.3 Å². The monoisotopic (exact) mass is 379 g/mol. The van der Waals surface area contributed by atoms with Gasteiger partial charge in [0.05, 0.1) is 16.8 Å². The van der Waals surface area contributed by atoms with Gasteiger partial charge in [-0.05, 0) is 19.9 Å². The predicted octanol–water partition coefficient (Wildman–Crippen LogP) is 3.53. The number of alkyl halides is 3. The second-order valence-electron chi connectivity index (χ2n) is 6.46. The number of benzene rings is 1. The fourth-order valence-corrected chi connectivity index (χ4v) is 2.54. The normalized spacial score (nSPS) is 12.2. The van der Waals surface area contributed by atoms with Crippen molar-refractivity contribution in [2.75, 3.05) is 5.32 Å². The van der Waals surface area contributed by atoms with Crippen LogP contribution in [-0.4, -0.2) is 21.3 Å². The third kappa shape index (κ3) is 3.85. The Balaban J connectivity index is 1.86. The largest absolute Gasteiger partial charge is 0.417 e. The van der Waals surface area contributed by atoms with Gasteiger partial charge in [0, 0.05) is 11.6 Å². The minimum absolute atomic E-state index is 0.0500. The van der Waals surface area contributed by atoms with Crippen LogP contribution in [-0.2, 0) is 11.7 Å². The minimum Gasteiger partial charge on any atom is -0.364 e. The van der Waals surface area contributed by atoms with Gasteiger partial charge in [-0.25, -0.2) is 0 Å². The van der Waals surface area contributed by atoms with Crippen LogP contribution in [0.4, 0.5) is 19.0 Å². The summed E-state index contributed by atoms with van der Waals surface area (Å²) in [5.74, 6) is -0.541. The minimum atomic E-state index is -4.52. The zero-order valence-electron chi connectivity index (χ0n) is 14.4. The van der Waals surface area contributed by atoms with Crippen molar-refractivity contribution in [1.29, 1.82) is 0 Å². The second kappa shape index (κ2) is 6.54. The van der Waals surface area contributed by atoms with Crippen LogP contribution >= 0.6 is 0 Å². The van der Waals surface area contributed by atoms with E-state index in [1.54, 1.807) is 13.8 Å². The van der Waals surface area contributed by atoms with Crippen LogP contribution in [0, 0.1) is 0 Å². The molecule has 27 heavy (non-hydrogen) atoms. The van der Waals surface area contributed by atoms with Gasteiger partial charge in [0.25, 0.3) is 5.91 Å². The molecule has 10 heteroatoms. The molecule has 4 N–H and O–H groups in total. The van der Waals surface area contributed by atoms with E-state index in [9.17, 15) is 18.0 Å². The first-order chi connectivity index (χ1) is 12.6. The maximum atomic E-state index is 13.2. The standard InChI is InChI=1S/C17H16F3N5O2/c1-16(2,21)14-10(8-27-25-14)15(26)22-13-7-12(23-24-13)9-5-3-4-6-11(9)17(18,19)20/h3-8H,21H2,1-2H3,(H2,22,23,24,26). The quantitative estimate of drug-likeness (QED) is 0.642. The van der Waals surface area contributed by atoms with Crippen LogP contribution in [0.15, 0.2) is 41.1 Å². The van der Waals surface area contributed by atoms with Gasteiger partial charge >= 0.3 is 6.18 Å². The number of halogens is 3. The molecule has 0 bridgehead atoms. The number of aromatic nitrogens is 3. The van der Waals surface area contributed by atoms with Crippen molar-refractivity contribution in [2.45, 2.75) is 25.6 Å². The van der Waals surface area contributed by atoms with E-state index < -0.39 is 23.2 Å². The molecule has 1 aromatic carbocycles. The number of hydrogen-bond acceptors (Lipinski definition) is 5. The zero-order valence-corrected chi connectivity index (χ0v) is 14.4. The van der Waals surface area contributed by atoms with Crippen LogP contribution in [0.2, 0.25) is 0 Å². The van der Waals surface area contributed by atoms with Gasteiger partial charge in [-0.2, -0.15) is 18.3 Å². The number of hydrogen-bond donors (Lipinski definition) is 3. The van der Waals surface area contributed by atoms with E-state index in [4.69, 9.17) is 10.3 Å². The molecule has 1 amide bonds. The summed E-state index contributed by atoms with van der Waals surface area (Å²) in [6.07, 6.45) is -3.37. The van der Waals surface area contributed by atoms with Crippen LogP contribution < -0.4 is 11.1 Å². The molecule has 0 spiro atoms. The Kier molecular flexibility index (Phi) is 4.52. The van der Waals surface area contributed by atoms with E-state index in [1.807, 2.05) is 0 Å². The van der Waals surface area contributed by atoms with Crippen LogP contribution in [0.3, 0.4) is 0 Å². The van der Waals surface area contributed by atoms with Crippen LogP contribution in [0.5, 0.6) is 0 Å². The fourth-order valence-electron chi connectivity index (χ4n) is 2.54. The van der Waals surface area contributed by atoms with Crippen molar-refractivity contribution in [1.82, 2.24) is 15.4 Å². The van der Waals surface area contributed by atoms with Gasteiger partial charge in [-0.3, -0.25) is 9.89 Å². The van der Waals surface area contributed by atoms with Crippen molar-refractivity contribution in [2.24, 2.45) is 5.73 Å². The third-order valence-corrected chi connectivity index (χ3v) is 3.77. The van der Waals surface area contributed by atoms with E-state index in [-0.39, 0.29) is 28.3 Å². The number of carbonyl (C=O) groups is 1. The summed E-state index contributed by atoms with van der Waals surface area (Å²) in [5, 5.41) is 12.6. The molecule has 0 aliphatic heterocycles. The number of amides is 1. The number of rotatable bonds is 4. The molecule has 2 aromatic heterocycles. The number of aromatic amines is 1. The van der Waals surface area contributed by atoms with E-state index >= 15 is 0 Å². The van der Waals surface area contributed by atoms with E-state index in [2.05, 4.69) is 20.7 Å². The first kappa shape index (κ1) is 18.6. The third-order valence-electron chi connectivity index (χ3n) is 3.77. The molecule has 0 atom stereocenters. The number of carbonyl (C=O) groups excluding carboxylic acids is 1. The molecule has 0 aliphatic carbocycles. The highest BCUT2D eigenvalue weighted by Gasteiger charge is 2.34. The first-order valence-corrected chi connectivity index (χ1v) is 7.84. The zero-order chi connectivity index (χ0) is 19.8. The number of nitrogens with one attached hydrogen (secondary N) is 2. The Morgan fingerprint density at radius 1 is 1.26 bits per heavy atom. The molecule has 0 radical (unpaired) electrons. The molecule has 3 rings (SSSR count). The lowest BCUT2D eigenvalue weighted by molar-refractivity contribution is -0.137. The lowest BCUT2D eigenvalue weighted by atomic mass is 9.98. The Morgan fingerprint density at radius 3 is 2.63 bits per heavy atom. The Labute approximate surface area is 151 Å². The molecule has 0 saturated carbocycles. The molecule has 0 saturated heterocycles. The average molecular weight is 379 g/mol. The number of anilines is 1. The number of nitrogens with two attached hydrogens (primary N) is 1. The SMILES string of the molecule is CC(C)(N)c1nocc1C(=O)Nc1cc(-c2ccccc2C(F)(F)F)[nH]n1. The highest BCUT2D eigenvalue weighted by molar-refractivity contribution is 6.04. The molecular formula is C17H16F3N5O2. The molecule has 0 unspecified atom stereocenters. The summed E-state index contributed by atoms with van der Waals surface area (Å²) < 4.78 is 44.3. The Morgan fingerprint density at radius 2 is 1.96 bits per heavy atom. The van der Waals surface area contributed by atoms with Gasteiger partial charge in [0.1, 0.15) is 17.5 Å². The van der Waals surface area contributed by atoms with Crippen molar-refractivity contribution in [3.05, 3.63) is 53.4 Å². The average Bonchev–Trinajstić information content (AvgIpc) is 3.23. The van der Waals surface area contributed by atoms with E-state index in [0.29, 0.717) is 0 Å². The summed E-state index contributed by atoms with van der Waals surface area (Å²) >= 11 is 0. The summed E-state index contributed by atoms with van der Waals surface area (Å²) in [5.41, 5.74) is 4.62. The second-order valence-corrected chi connectivity index (χ2v) is 6.46. The summed E-state index contributed by atoms with van der Waals surface area (Å²) in [4.78, 5) is 12.4. The van der Waals surface area contributed by atoms with Crippen LogP contribution in [0.25, 0.3) is 11.3 Å². The highest BCUT2D eigenvalue weighted by atomic mass is 19.4. The number of H-pyrrole nitrogens is 1. The number of nitrogens with zero attached hydrogens (tertiary/aromatic N) is 2. The first-order valence-electron chi connectivity index (χ1n) is 7.84. The maximum absolute atomic E-state index is 13.2. The van der Waals surface area contributed by atoms with Crippen molar-refractivity contribution < 1.29 is 22.5 Å². The van der Waals surface area contributed by atoms with Gasteiger partial charge in [-0.1, -0.05) is 23.4 Å². The fraction of sp³-hybridized carbons (Fsp3) is 0.235.